The van der Waals surface area contributed by atoms with E-state index in [1.54, 1.807) is 18.2 Å². The van der Waals surface area contributed by atoms with Crippen LogP contribution in [-0.4, -0.2) is 26.0 Å². The summed E-state index contributed by atoms with van der Waals surface area (Å²) in [6.07, 6.45) is 1.49. The Kier molecular flexibility index (Phi) is 4.36. The van der Waals surface area contributed by atoms with E-state index in [2.05, 4.69) is 15.6 Å². The molecule has 0 bridgehead atoms. The number of aliphatic hydroxyl groups is 1. The summed E-state index contributed by atoms with van der Waals surface area (Å²) in [4.78, 5) is 11.7. The molecule has 0 atom stereocenters. The van der Waals surface area contributed by atoms with Gasteiger partial charge in [0.1, 0.15) is 12.2 Å². The molecule has 100 valence electrons. The highest BCUT2D eigenvalue weighted by atomic mass is 35.5. The first-order chi connectivity index (χ1) is 9.08. The number of nitrogens with one attached hydrogen (secondary N) is 1. The molecule has 1 heterocycles. The van der Waals surface area contributed by atoms with E-state index in [1.165, 1.54) is 10.9 Å². The van der Waals surface area contributed by atoms with Crippen molar-refractivity contribution in [3.05, 3.63) is 40.1 Å². The summed E-state index contributed by atoms with van der Waals surface area (Å²) >= 11 is 11.6. The summed E-state index contributed by atoms with van der Waals surface area (Å²) in [7, 11) is 0. The second-order valence-electron chi connectivity index (χ2n) is 3.74. The van der Waals surface area contributed by atoms with Gasteiger partial charge in [0, 0.05) is 5.69 Å². The van der Waals surface area contributed by atoms with Gasteiger partial charge in [-0.2, -0.15) is 0 Å². The SMILES string of the molecule is O=C(Cn1cc(CO)nn1)Nc1ccc(Cl)c(Cl)c1. The van der Waals surface area contributed by atoms with E-state index in [-0.39, 0.29) is 19.1 Å². The fourth-order valence-corrected chi connectivity index (χ4v) is 1.71. The van der Waals surface area contributed by atoms with Crippen molar-refractivity contribution in [3.63, 3.8) is 0 Å². The van der Waals surface area contributed by atoms with Gasteiger partial charge in [-0.25, -0.2) is 4.68 Å². The standard InChI is InChI=1S/C11H10Cl2N4O2/c12-9-2-1-7(3-10(9)13)14-11(19)5-17-4-8(6-18)15-16-17/h1-4,18H,5-6H2,(H,14,19). The van der Waals surface area contributed by atoms with Crippen LogP contribution in [0, 0.1) is 0 Å². The van der Waals surface area contributed by atoms with E-state index >= 15 is 0 Å². The minimum absolute atomic E-state index is 0.00670. The molecule has 0 aliphatic carbocycles. The van der Waals surface area contributed by atoms with E-state index in [9.17, 15) is 4.79 Å². The number of rotatable bonds is 4. The number of benzene rings is 1. The Morgan fingerprint density at radius 3 is 2.79 bits per heavy atom. The van der Waals surface area contributed by atoms with Crippen molar-refractivity contribution in [1.82, 2.24) is 15.0 Å². The van der Waals surface area contributed by atoms with Crippen LogP contribution in [0.25, 0.3) is 0 Å². The Labute approximate surface area is 118 Å². The van der Waals surface area contributed by atoms with Crippen molar-refractivity contribution in [1.29, 1.82) is 0 Å². The number of aliphatic hydroxyl groups excluding tert-OH is 1. The van der Waals surface area contributed by atoms with Crippen LogP contribution >= 0.6 is 23.2 Å². The molecule has 6 nitrogen and oxygen atoms in total. The number of anilines is 1. The molecule has 0 saturated carbocycles. The molecule has 0 aliphatic heterocycles. The highest BCUT2D eigenvalue weighted by Gasteiger charge is 2.07. The molecule has 1 aromatic heterocycles. The highest BCUT2D eigenvalue weighted by molar-refractivity contribution is 6.42. The number of hydrogen-bond acceptors (Lipinski definition) is 4. The van der Waals surface area contributed by atoms with Gasteiger partial charge >= 0.3 is 0 Å². The van der Waals surface area contributed by atoms with Gasteiger partial charge in [0.2, 0.25) is 5.91 Å². The lowest BCUT2D eigenvalue weighted by Crippen LogP contribution is -2.19. The van der Waals surface area contributed by atoms with Crippen LogP contribution in [-0.2, 0) is 17.9 Å². The maximum absolute atomic E-state index is 11.7. The molecule has 19 heavy (non-hydrogen) atoms. The zero-order valence-corrected chi connectivity index (χ0v) is 11.2. The van der Waals surface area contributed by atoms with Crippen molar-refractivity contribution in [2.75, 3.05) is 5.32 Å². The molecule has 1 amide bonds. The average Bonchev–Trinajstić information content (AvgIpc) is 2.81. The van der Waals surface area contributed by atoms with Gasteiger partial charge in [0.15, 0.2) is 0 Å². The average molecular weight is 301 g/mol. The van der Waals surface area contributed by atoms with Crippen molar-refractivity contribution in [2.45, 2.75) is 13.2 Å². The molecule has 0 unspecified atom stereocenters. The molecular weight excluding hydrogens is 291 g/mol. The van der Waals surface area contributed by atoms with Crippen LogP contribution in [0.4, 0.5) is 5.69 Å². The Balaban J connectivity index is 1.98. The van der Waals surface area contributed by atoms with Gasteiger partial charge < -0.3 is 10.4 Å². The van der Waals surface area contributed by atoms with Crippen LogP contribution in [0.5, 0.6) is 0 Å². The molecule has 0 saturated heterocycles. The number of aromatic nitrogens is 3. The quantitative estimate of drug-likeness (QED) is 0.901. The van der Waals surface area contributed by atoms with Gasteiger partial charge in [0.25, 0.3) is 0 Å². The van der Waals surface area contributed by atoms with Crippen LogP contribution < -0.4 is 5.32 Å². The molecule has 8 heteroatoms. The Hall–Kier alpha value is -1.63. The summed E-state index contributed by atoms with van der Waals surface area (Å²) in [5.41, 5.74) is 0.948. The molecule has 2 N–H and O–H groups in total. The van der Waals surface area contributed by atoms with Crippen LogP contribution in [0.1, 0.15) is 5.69 Å². The van der Waals surface area contributed by atoms with Crippen LogP contribution in [0.15, 0.2) is 24.4 Å². The van der Waals surface area contributed by atoms with Crippen LogP contribution in [0.2, 0.25) is 10.0 Å². The Morgan fingerprint density at radius 2 is 2.16 bits per heavy atom. The summed E-state index contributed by atoms with van der Waals surface area (Å²) in [5.74, 6) is -0.284. The number of carbonyl (C=O) groups is 1. The Bertz CT molecular complexity index is 600. The number of halogens is 2. The van der Waals surface area contributed by atoms with Crippen molar-refractivity contribution in [2.24, 2.45) is 0 Å². The minimum Gasteiger partial charge on any atom is -0.390 e. The third kappa shape index (κ3) is 3.66. The fraction of sp³-hybridized carbons (Fsp3) is 0.182. The number of nitrogens with zero attached hydrogens (tertiary/aromatic N) is 3. The van der Waals surface area contributed by atoms with Crippen molar-refractivity contribution in [3.8, 4) is 0 Å². The second-order valence-corrected chi connectivity index (χ2v) is 4.56. The van der Waals surface area contributed by atoms with Gasteiger partial charge in [-0.3, -0.25) is 4.79 Å². The van der Waals surface area contributed by atoms with Gasteiger partial charge in [-0.05, 0) is 18.2 Å². The molecule has 0 radical (unpaired) electrons. The lowest BCUT2D eigenvalue weighted by Gasteiger charge is -2.06. The molecule has 0 aliphatic rings. The number of carbonyl (C=O) groups excluding carboxylic acids is 1. The maximum atomic E-state index is 11.7. The Morgan fingerprint density at radius 1 is 1.37 bits per heavy atom. The third-order valence-corrected chi connectivity index (χ3v) is 3.00. The topological polar surface area (TPSA) is 80.0 Å². The lowest BCUT2D eigenvalue weighted by atomic mass is 10.3. The fourth-order valence-electron chi connectivity index (χ4n) is 1.41. The largest absolute Gasteiger partial charge is 0.390 e. The lowest BCUT2D eigenvalue weighted by molar-refractivity contribution is -0.116. The van der Waals surface area contributed by atoms with Crippen molar-refractivity contribution < 1.29 is 9.90 Å². The predicted molar refractivity (Wildman–Crippen MR) is 71.0 cm³/mol. The molecule has 1 aromatic carbocycles. The summed E-state index contributed by atoms with van der Waals surface area (Å²) < 4.78 is 1.33. The van der Waals surface area contributed by atoms with Crippen LogP contribution in [0.3, 0.4) is 0 Å². The zero-order chi connectivity index (χ0) is 13.8. The molecule has 0 spiro atoms. The van der Waals surface area contributed by atoms with E-state index < -0.39 is 0 Å². The van der Waals surface area contributed by atoms with E-state index in [0.717, 1.165) is 0 Å². The number of amides is 1. The zero-order valence-electron chi connectivity index (χ0n) is 9.68. The summed E-state index contributed by atoms with van der Waals surface area (Å²) in [6, 6.07) is 4.80. The molecule has 2 rings (SSSR count). The second kappa shape index (κ2) is 6.01. The molecule has 2 aromatic rings. The first-order valence-corrected chi connectivity index (χ1v) is 6.09. The first-order valence-electron chi connectivity index (χ1n) is 5.33. The highest BCUT2D eigenvalue weighted by Crippen LogP contribution is 2.24. The third-order valence-electron chi connectivity index (χ3n) is 2.26. The monoisotopic (exact) mass is 300 g/mol. The van der Waals surface area contributed by atoms with E-state index in [1.807, 2.05) is 0 Å². The van der Waals surface area contributed by atoms with Gasteiger partial charge in [0.05, 0.1) is 22.8 Å². The molecular formula is C11H10Cl2N4O2. The smallest absolute Gasteiger partial charge is 0.246 e. The number of hydrogen-bond donors (Lipinski definition) is 2. The first kappa shape index (κ1) is 13.8. The predicted octanol–water partition coefficient (Wildman–Crippen LogP) is 1.72. The minimum atomic E-state index is -0.284. The van der Waals surface area contributed by atoms with Gasteiger partial charge in [-0.15, -0.1) is 5.10 Å². The molecule has 0 fully saturated rings. The van der Waals surface area contributed by atoms with E-state index in [4.69, 9.17) is 28.3 Å². The maximum Gasteiger partial charge on any atom is 0.246 e. The normalized spacial score (nSPS) is 10.5. The van der Waals surface area contributed by atoms with E-state index in [0.29, 0.717) is 21.4 Å². The summed E-state index contributed by atoms with van der Waals surface area (Å²) in [6.45, 7) is -0.221. The summed E-state index contributed by atoms with van der Waals surface area (Å²) in [5, 5.41) is 19.6. The van der Waals surface area contributed by atoms with Crippen molar-refractivity contribution >= 4 is 34.8 Å². The van der Waals surface area contributed by atoms with Gasteiger partial charge in [-0.1, -0.05) is 28.4 Å².